The second-order valence-electron chi connectivity index (χ2n) is 6.36. The maximum absolute atomic E-state index is 13.7. The summed E-state index contributed by atoms with van der Waals surface area (Å²) in [4.78, 5) is 12.2. The van der Waals surface area contributed by atoms with Crippen molar-refractivity contribution in [1.82, 2.24) is 0 Å². The number of methoxy groups -OCH3 is 1. The van der Waals surface area contributed by atoms with Gasteiger partial charge in [-0.05, 0) is 58.8 Å². The van der Waals surface area contributed by atoms with Crippen molar-refractivity contribution in [3.63, 3.8) is 0 Å². The molecule has 0 bridgehead atoms. The van der Waals surface area contributed by atoms with E-state index in [1.54, 1.807) is 13.2 Å². The lowest BCUT2D eigenvalue weighted by Gasteiger charge is -2.08. The van der Waals surface area contributed by atoms with Gasteiger partial charge in [0.2, 0.25) is 15.9 Å². The lowest BCUT2D eigenvalue weighted by atomic mass is 10.1. The molecule has 0 spiro atoms. The molecule has 0 heterocycles. The lowest BCUT2D eigenvalue weighted by Crippen LogP contribution is -2.12. The summed E-state index contributed by atoms with van der Waals surface area (Å²) in [5, 5.41) is 4.59. The summed E-state index contributed by atoms with van der Waals surface area (Å²) < 4.78 is 43.6. The van der Waals surface area contributed by atoms with Gasteiger partial charge in [0, 0.05) is 11.8 Å². The minimum Gasteiger partial charge on any atom is -0.497 e. The fraction of sp³-hybridized carbons (Fsp3) is 0.0952. The van der Waals surface area contributed by atoms with E-state index in [-0.39, 0.29) is 11.4 Å². The molecule has 0 aliphatic carbocycles. The quantitative estimate of drug-likeness (QED) is 0.597. The molecule has 0 aliphatic heterocycles. The molecule has 29 heavy (non-hydrogen) atoms. The fourth-order valence-corrected chi connectivity index (χ4v) is 3.27. The molecule has 0 aliphatic rings. The van der Waals surface area contributed by atoms with E-state index in [1.807, 2.05) is 36.4 Å². The highest BCUT2D eigenvalue weighted by Crippen LogP contribution is 2.23. The van der Waals surface area contributed by atoms with Gasteiger partial charge in [0.15, 0.2) is 0 Å². The summed E-state index contributed by atoms with van der Waals surface area (Å²) in [6.07, 6.45) is 3.91. The first-order chi connectivity index (χ1) is 13.7. The Morgan fingerprint density at radius 1 is 1.03 bits per heavy atom. The molecule has 0 atom stereocenters. The van der Waals surface area contributed by atoms with Gasteiger partial charge in [0.05, 0.1) is 19.1 Å². The third-order valence-electron chi connectivity index (χ3n) is 4.03. The fourth-order valence-electron chi connectivity index (χ4n) is 2.71. The van der Waals surface area contributed by atoms with Crippen molar-refractivity contribution in [3.8, 4) is 5.75 Å². The van der Waals surface area contributed by atoms with Crippen LogP contribution in [-0.2, 0) is 14.8 Å². The molecule has 1 amide bonds. The number of amides is 1. The van der Waals surface area contributed by atoms with Gasteiger partial charge >= 0.3 is 0 Å². The van der Waals surface area contributed by atoms with Crippen molar-refractivity contribution in [3.05, 3.63) is 72.1 Å². The molecule has 0 unspecified atom stereocenters. The van der Waals surface area contributed by atoms with Crippen LogP contribution in [0.15, 0.2) is 60.7 Å². The number of sulfonamides is 1. The number of rotatable bonds is 6. The van der Waals surface area contributed by atoms with E-state index >= 15 is 0 Å². The van der Waals surface area contributed by atoms with Crippen molar-refractivity contribution in [2.24, 2.45) is 0 Å². The van der Waals surface area contributed by atoms with Gasteiger partial charge < -0.3 is 10.1 Å². The molecule has 150 valence electrons. The zero-order valence-electron chi connectivity index (χ0n) is 15.8. The van der Waals surface area contributed by atoms with Crippen LogP contribution >= 0.6 is 0 Å². The second kappa shape index (κ2) is 8.32. The summed E-state index contributed by atoms with van der Waals surface area (Å²) in [6.45, 7) is 0. The molecule has 3 aromatic carbocycles. The predicted molar refractivity (Wildman–Crippen MR) is 113 cm³/mol. The van der Waals surface area contributed by atoms with Crippen LogP contribution in [0.5, 0.6) is 5.75 Å². The monoisotopic (exact) mass is 414 g/mol. The number of benzene rings is 3. The third kappa shape index (κ3) is 5.55. The summed E-state index contributed by atoms with van der Waals surface area (Å²) in [6, 6.07) is 15.1. The van der Waals surface area contributed by atoms with Gasteiger partial charge in [-0.25, -0.2) is 12.8 Å². The van der Waals surface area contributed by atoms with Gasteiger partial charge in [-0.15, -0.1) is 0 Å². The Balaban J connectivity index is 1.72. The Labute approximate surface area is 168 Å². The van der Waals surface area contributed by atoms with Crippen molar-refractivity contribution < 1.29 is 22.3 Å². The topological polar surface area (TPSA) is 84.5 Å². The molecular formula is C21H19FN2O4S. The van der Waals surface area contributed by atoms with E-state index in [1.165, 1.54) is 18.2 Å². The van der Waals surface area contributed by atoms with E-state index in [4.69, 9.17) is 4.74 Å². The van der Waals surface area contributed by atoms with Crippen LogP contribution < -0.4 is 14.8 Å². The molecule has 3 rings (SSSR count). The molecule has 0 radical (unpaired) electrons. The van der Waals surface area contributed by atoms with E-state index in [9.17, 15) is 17.6 Å². The average Bonchev–Trinajstić information content (AvgIpc) is 2.67. The van der Waals surface area contributed by atoms with Crippen LogP contribution in [0, 0.1) is 5.82 Å². The van der Waals surface area contributed by atoms with E-state index in [0.717, 1.165) is 34.4 Å². The Morgan fingerprint density at radius 2 is 1.76 bits per heavy atom. The largest absolute Gasteiger partial charge is 0.497 e. The lowest BCUT2D eigenvalue weighted by molar-refractivity contribution is -0.111. The maximum Gasteiger partial charge on any atom is 0.248 e. The van der Waals surface area contributed by atoms with Gasteiger partial charge in [0.1, 0.15) is 11.6 Å². The number of halogens is 1. The van der Waals surface area contributed by atoms with Gasteiger partial charge in [-0.2, -0.15) is 0 Å². The number of fused-ring (bicyclic) bond motifs is 1. The van der Waals surface area contributed by atoms with Crippen LogP contribution in [0.25, 0.3) is 16.8 Å². The van der Waals surface area contributed by atoms with Gasteiger partial charge in [-0.1, -0.05) is 18.2 Å². The van der Waals surface area contributed by atoms with Crippen LogP contribution in [0.2, 0.25) is 0 Å². The maximum atomic E-state index is 13.7. The average molecular weight is 414 g/mol. The first-order valence-corrected chi connectivity index (χ1v) is 10.5. The Hall–Kier alpha value is -3.39. The predicted octanol–water partition coefficient (Wildman–Crippen LogP) is 4.01. The molecule has 0 aromatic heterocycles. The van der Waals surface area contributed by atoms with Crippen LogP contribution in [-0.4, -0.2) is 27.7 Å². The summed E-state index contributed by atoms with van der Waals surface area (Å²) in [5.41, 5.74) is 0.855. The standard InChI is InChI=1S/C21H19FN2O4S/c1-28-18-8-6-15-11-14(3-5-16(15)12-18)4-10-21(25)23-17-7-9-19(22)20(13-17)24-29(2,26)27/h3-13,24H,1-2H3,(H,23,25)/b10-4+. The number of nitrogens with one attached hydrogen (secondary N) is 2. The molecule has 3 aromatic rings. The van der Waals surface area contributed by atoms with Crippen LogP contribution in [0.4, 0.5) is 15.8 Å². The van der Waals surface area contributed by atoms with Gasteiger partial charge in [-0.3, -0.25) is 9.52 Å². The van der Waals surface area contributed by atoms with Gasteiger partial charge in [0.25, 0.3) is 0 Å². The highest BCUT2D eigenvalue weighted by atomic mass is 32.2. The normalized spacial score (nSPS) is 11.6. The van der Waals surface area contributed by atoms with E-state index in [0.29, 0.717) is 0 Å². The highest BCUT2D eigenvalue weighted by molar-refractivity contribution is 7.92. The Morgan fingerprint density at radius 3 is 2.48 bits per heavy atom. The first kappa shape index (κ1) is 20.3. The minimum absolute atomic E-state index is 0.237. The summed E-state index contributed by atoms with van der Waals surface area (Å²) in [7, 11) is -2.03. The SMILES string of the molecule is COc1ccc2cc(/C=C/C(=O)Nc3ccc(F)c(NS(C)(=O)=O)c3)ccc2c1. The smallest absolute Gasteiger partial charge is 0.248 e. The first-order valence-electron chi connectivity index (χ1n) is 8.58. The highest BCUT2D eigenvalue weighted by Gasteiger charge is 2.09. The molecule has 8 heteroatoms. The minimum atomic E-state index is -3.64. The third-order valence-corrected chi connectivity index (χ3v) is 4.62. The van der Waals surface area contributed by atoms with E-state index in [2.05, 4.69) is 10.0 Å². The molecule has 0 saturated heterocycles. The van der Waals surface area contributed by atoms with Crippen molar-refractivity contribution >= 4 is 44.2 Å². The van der Waals surface area contributed by atoms with E-state index < -0.39 is 21.7 Å². The molecule has 0 fully saturated rings. The number of hydrogen-bond acceptors (Lipinski definition) is 4. The van der Waals surface area contributed by atoms with Crippen molar-refractivity contribution in [1.29, 1.82) is 0 Å². The summed E-state index contributed by atoms with van der Waals surface area (Å²) in [5.74, 6) is -0.405. The zero-order chi connectivity index (χ0) is 21.0. The molecule has 0 saturated carbocycles. The molecule has 6 nitrogen and oxygen atoms in total. The number of anilines is 2. The number of carbonyl (C=O) groups excluding carboxylic acids is 1. The van der Waals surface area contributed by atoms with Crippen molar-refractivity contribution in [2.45, 2.75) is 0 Å². The van der Waals surface area contributed by atoms with Crippen LogP contribution in [0.3, 0.4) is 0 Å². The summed E-state index contributed by atoms with van der Waals surface area (Å²) >= 11 is 0. The van der Waals surface area contributed by atoms with Crippen molar-refractivity contribution in [2.75, 3.05) is 23.4 Å². The molecule has 2 N–H and O–H groups in total. The molecular weight excluding hydrogens is 395 g/mol. The van der Waals surface area contributed by atoms with Crippen LogP contribution in [0.1, 0.15) is 5.56 Å². The second-order valence-corrected chi connectivity index (χ2v) is 8.11. The zero-order valence-corrected chi connectivity index (χ0v) is 16.6. The number of hydrogen-bond donors (Lipinski definition) is 2. The Kier molecular flexibility index (Phi) is 5.84. The number of carbonyl (C=O) groups is 1. The number of ether oxygens (including phenoxy) is 1. The Bertz CT molecular complexity index is 1210.